The molecule has 0 saturated carbocycles. The number of halogens is 1. The number of rotatable bonds is 5. The monoisotopic (exact) mass is 289 g/mol. The minimum atomic E-state index is -3.23. The number of nitrogens with two attached hydrogens (primary N) is 1. The van der Waals surface area contributed by atoms with Gasteiger partial charge in [-0.15, -0.1) is 0 Å². The molecule has 0 aliphatic heterocycles. The highest BCUT2D eigenvalue weighted by Crippen LogP contribution is 2.20. The number of sulfone groups is 1. The summed E-state index contributed by atoms with van der Waals surface area (Å²) in [6, 6.07) is 4.00. The first-order valence-corrected chi connectivity index (χ1v) is 7.66. The molecule has 108 valence electrons. The van der Waals surface area contributed by atoms with E-state index >= 15 is 0 Å². The molecule has 0 aromatic heterocycles. The Morgan fingerprint density at radius 3 is 2.47 bits per heavy atom. The van der Waals surface area contributed by atoms with Crippen LogP contribution in [0.25, 0.3) is 0 Å². The molecule has 0 aliphatic carbocycles. The van der Waals surface area contributed by atoms with E-state index in [1.54, 1.807) is 20.8 Å². The SMILES string of the molecule is CC(C)(C)S(=O)(=O)CCOc1ccc(F)cc1CN. The molecule has 1 rings (SSSR count). The largest absolute Gasteiger partial charge is 0.492 e. The minimum absolute atomic E-state index is 0.0260. The standard InChI is InChI=1S/C13H20FNO3S/c1-13(2,3)19(16,17)7-6-18-12-5-4-11(14)8-10(12)9-15/h4-5,8H,6-7,9,15H2,1-3H3. The summed E-state index contributed by atoms with van der Waals surface area (Å²) in [5, 5.41) is 0. The fraction of sp³-hybridized carbons (Fsp3) is 0.538. The third kappa shape index (κ3) is 4.18. The second kappa shape index (κ2) is 5.88. The third-order valence-electron chi connectivity index (χ3n) is 2.79. The number of ether oxygens (including phenoxy) is 1. The fourth-order valence-electron chi connectivity index (χ4n) is 1.42. The Bertz CT molecular complexity index is 535. The predicted octanol–water partition coefficient (Wildman–Crippen LogP) is 1.88. The van der Waals surface area contributed by atoms with E-state index in [2.05, 4.69) is 0 Å². The molecule has 0 unspecified atom stereocenters. The summed E-state index contributed by atoms with van der Waals surface area (Å²) in [6.07, 6.45) is 0. The lowest BCUT2D eigenvalue weighted by atomic mass is 10.2. The highest BCUT2D eigenvalue weighted by molar-refractivity contribution is 7.92. The highest BCUT2D eigenvalue weighted by Gasteiger charge is 2.28. The molecule has 0 spiro atoms. The van der Waals surface area contributed by atoms with Crippen LogP contribution in [0.15, 0.2) is 18.2 Å². The van der Waals surface area contributed by atoms with Crippen molar-refractivity contribution in [2.24, 2.45) is 5.73 Å². The van der Waals surface area contributed by atoms with E-state index < -0.39 is 20.4 Å². The summed E-state index contributed by atoms with van der Waals surface area (Å²) in [5.74, 6) is -0.0548. The average Bonchev–Trinajstić information content (AvgIpc) is 2.29. The molecule has 0 heterocycles. The Kier molecular flexibility index (Phi) is 4.92. The predicted molar refractivity (Wildman–Crippen MR) is 73.3 cm³/mol. The van der Waals surface area contributed by atoms with Gasteiger partial charge in [-0.05, 0) is 39.0 Å². The summed E-state index contributed by atoms with van der Waals surface area (Å²) in [5.41, 5.74) is 6.00. The average molecular weight is 289 g/mol. The van der Waals surface area contributed by atoms with E-state index in [1.165, 1.54) is 18.2 Å². The van der Waals surface area contributed by atoms with Gasteiger partial charge in [0.2, 0.25) is 0 Å². The molecular formula is C13H20FNO3S. The summed E-state index contributed by atoms with van der Waals surface area (Å²) in [7, 11) is -3.23. The van der Waals surface area contributed by atoms with Crippen LogP contribution in [0.1, 0.15) is 26.3 Å². The van der Waals surface area contributed by atoms with Crippen molar-refractivity contribution >= 4 is 9.84 Å². The molecule has 0 atom stereocenters. The molecule has 0 aliphatic rings. The van der Waals surface area contributed by atoms with Gasteiger partial charge in [0, 0.05) is 12.1 Å². The molecule has 1 aromatic carbocycles. The van der Waals surface area contributed by atoms with Crippen molar-refractivity contribution in [3.8, 4) is 5.75 Å². The smallest absolute Gasteiger partial charge is 0.158 e. The molecule has 0 bridgehead atoms. The third-order valence-corrected chi connectivity index (χ3v) is 5.36. The number of benzene rings is 1. The van der Waals surface area contributed by atoms with Gasteiger partial charge in [-0.25, -0.2) is 12.8 Å². The van der Waals surface area contributed by atoms with Crippen LogP contribution in [0, 0.1) is 5.82 Å². The van der Waals surface area contributed by atoms with E-state index in [4.69, 9.17) is 10.5 Å². The maximum atomic E-state index is 13.0. The normalized spacial score (nSPS) is 12.5. The zero-order valence-electron chi connectivity index (χ0n) is 11.4. The van der Waals surface area contributed by atoms with Gasteiger partial charge in [-0.3, -0.25) is 0 Å². The topological polar surface area (TPSA) is 69.4 Å². The van der Waals surface area contributed by atoms with Crippen molar-refractivity contribution in [1.82, 2.24) is 0 Å². The Morgan fingerprint density at radius 2 is 1.95 bits per heavy atom. The van der Waals surface area contributed by atoms with Crippen LogP contribution in [-0.2, 0) is 16.4 Å². The molecule has 0 saturated heterocycles. The summed E-state index contributed by atoms with van der Waals surface area (Å²) in [6.45, 7) is 5.10. The maximum absolute atomic E-state index is 13.0. The van der Waals surface area contributed by atoms with Crippen LogP contribution < -0.4 is 10.5 Å². The van der Waals surface area contributed by atoms with Crippen LogP contribution >= 0.6 is 0 Å². The quantitative estimate of drug-likeness (QED) is 0.898. The summed E-state index contributed by atoms with van der Waals surface area (Å²) in [4.78, 5) is 0. The van der Waals surface area contributed by atoms with Gasteiger partial charge in [0.25, 0.3) is 0 Å². The zero-order valence-corrected chi connectivity index (χ0v) is 12.3. The van der Waals surface area contributed by atoms with Crippen LogP contribution in [0.5, 0.6) is 5.75 Å². The molecule has 4 nitrogen and oxygen atoms in total. The van der Waals surface area contributed by atoms with Gasteiger partial charge < -0.3 is 10.5 Å². The number of hydrogen-bond donors (Lipinski definition) is 1. The molecule has 0 fully saturated rings. The van der Waals surface area contributed by atoms with Crippen LogP contribution in [0.3, 0.4) is 0 Å². The van der Waals surface area contributed by atoms with Gasteiger partial charge in [-0.2, -0.15) is 0 Å². The van der Waals surface area contributed by atoms with E-state index in [-0.39, 0.29) is 18.9 Å². The van der Waals surface area contributed by atoms with Gasteiger partial charge >= 0.3 is 0 Å². The molecule has 19 heavy (non-hydrogen) atoms. The highest BCUT2D eigenvalue weighted by atomic mass is 32.2. The van der Waals surface area contributed by atoms with Crippen molar-refractivity contribution in [3.63, 3.8) is 0 Å². The molecule has 6 heteroatoms. The van der Waals surface area contributed by atoms with Crippen molar-refractivity contribution in [1.29, 1.82) is 0 Å². The lowest BCUT2D eigenvalue weighted by Gasteiger charge is -2.19. The van der Waals surface area contributed by atoms with Crippen LogP contribution in [0.4, 0.5) is 4.39 Å². The molecule has 0 amide bonds. The Morgan fingerprint density at radius 1 is 1.32 bits per heavy atom. The van der Waals surface area contributed by atoms with E-state index in [0.29, 0.717) is 11.3 Å². The van der Waals surface area contributed by atoms with Gasteiger partial charge in [0.05, 0.1) is 10.5 Å². The Hall–Kier alpha value is -1.14. The van der Waals surface area contributed by atoms with Crippen molar-refractivity contribution in [2.45, 2.75) is 32.1 Å². The van der Waals surface area contributed by atoms with Gasteiger partial charge in [0.1, 0.15) is 18.2 Å². The van der Waals surface area contributed by atoms with Gasteiger partial charge in [0.15, 0.2) is 9.84 Å². The lowest BCUT2D eigenvalue weighted by Crippen LogP contribution is -2.32. The second-order valence-corrected chi connectivity index (χ2v) is 8.10. The molecule has 1 aromatic rings. The Balaban J connectivity index is 2.69. The lowest BCUT2D eigenvalue weighted by molar-refractivity contribution is 0.335. The van der Waals surface area contributed by atoms with Crippen LogP contribution in [0.2, 0.25) is 0 Å². The zero-order chi connectivity index (χ0) is 14.7. The molecule has 2 N–H and O–H groups in total. The maximum Gasteiger partial charge on any atom is 0.158 e. The first kappa shape index (κ1) is 15.9. The first-order valence-electron chi connectivity index (χ1n) is 6.01. The summed E-state index contributed by atoms with van der Waals surface area (Å²) < 4.78 is 41.3. The number of hydrogen-bond acceptors (Lipinski definition) is 4. The van der Waals surface area contributed by atoms with Crippen molar-refractivity contribution in [3.05, 3.63) is 29.6 Å². The van der Waals surface area contributed by atoms with E-state index in [9.17, 15) is 12.8 Å². The molecule has 0 radical (unpaired) electrons. The fourth-order valence-corrected chi connectivity index (χ4v) is 2.33. The summed E-state index contributed by atoms with van der Waals surface area (Å²) >= 11 is 0. The Labute approximate surface area is 113 Å². The van der Waals surface area contributed by atoms with Gasteiger partial charge in [-0.1, -0.05) is 0 Å². The minimum Gasteiger partial charge on any atom is -0.492 e. The first-order chi connectivity index (χ1) is 8.67. The molecular weight excluding hydrogens is 269 g/mol. The van der Waals surface area contributed by atoms with Crippen LogP contribution in [-0.4, -0.2) is 25.5 Å². The van der Waals surface area contributed by atoms with E-state index in [0.717, 1.165) is 0 Å². The second-order valence-electron chi connectivity index (χ2n) is 5.24. The van der Waals surface area contributed by atoms with E-state index in [1.807, 2.05) is 0 Å². The van der Waals surface area contributed by atoms with Crippen molar-refractivity contribution in [2.75, 3.05) is 12.4 Å². The van der Waals surface area contributed by atoms with Crippen molar-refractivity contribution < 1.29 is 17.5 Å².